The molecule has 0 atom stereocenters. The molecule has 0 fully saturated rings. The molecule has 6 aromatic rings. The van der Waals surface area contributed by atoms with Crippen molar-refractivity contribution in [2.75, 3.05) is 5.32 Å². The Labute approximate surface area is 205 Å². The molecule has 0 aliphatic heterocycles. The number of anilines is 1. The summed E-state index contributed by atoms with van der Waals surface area (Å²) < 4.78 is 1.82. The third-order valence-corrected chi connectivity index (χ3v) is 6.04. The van der Waals surface area contributed by atoms with E-state index in [1.165, 1.54) is 0 Å². The summed E-state index contributed by atoms with van der Waals surface area (Å²) >= 11 is 0. The molecule has 0 bridgehead atoms. The molecule has 3 aromatic heterocycles. The summed E-state index contributed by atoms with van der Waals surface area (Å²) in [5.74, 6) is -0.295. The molecule has 2 N–H and O–H groups in total. The van der Waals surface area contributed by atoms with Crippen LogP contribution in [0, 0.1) is 0 Å². The van der Waals surface area contributed by atoms with Crippen LogP contribution in [-0.2, 0) is 6.54 Å². The summed E-state index contributed by atoms with van der Waals surface area (Å²) in [5.41, 5.74) is 4.12. The fourth-order valence-corrected chi connectivity index (χ4v) is 4.32. The summed E-state index contributed by atoms with van der Waals surface area (Å²) in [6.07, 6.45) is 3.52. The lowest BCUT2D eigenvalue weighted by Crippen LogP contribution is -2.14. The number of pyridine rings is 1. The Bertz CT molecular complexity index is 1770. The highest BCUT2D eigenvalue weighted by Gasteiger charge is 2.18. The van der Waals surface area contributed by atoms with Crippen LogP contribution < -0.4 is 10.9 Å². The molecule has 0 spiro atoms. The van der Waals surface area contributed by atoms with Gasteiger partial charge in [0, 0.05) is 34.4 Å². The number of nitrogens with zero attached hydrogens (tertiary/aromatic N) is 4. The molecular weight excluding hydrogens is 452 g/mol. The van der Waals surface area contributed by atoms with Crippen molar-refractivity contribution in [3.63, 3.8) is 0 Å². The summed E-state index contributed by atoms with van der Waals surface area (Å²) in [4.78, 5) is 29.5. The van der Waals surface area contributed by atoms with Crippen LogP contribution in [0.5, 0.6) is 0 Å². The number of carbonyl (C=O) groups is 1. The minimum atomic E-state index is -0.295. The van der Waals surface area contributed by atoms with E-state index in [-0.39, 0.29) is 11.5 Å². The molecule has 8 heteroatoms. The second kappa shape index (κ2) is 8.92. The number of aromatic nitrogens is 5. The Balaban J connectivity index is 1.28. The second-order valence-corrected chi connectivity index (χ2v) is 8.36. The van der Waals surface area contributed by atoms with E-state index in [2.05, 4.69) is 25.6 Å². The normalized spacial score (nSPS) is 11.1. The molecule has 174 valence electrons. The number of nitrogens with one attached hydrogen (secondary N) is 2. The first-order valence-corrected chi connectivity index (χ1v) is 11.4. The van der Waals surface area contributed by atoms with Crippen LogP contribution in [0.4, 0.5) is 5.69 Å². The number of amides is 1. The SMILES string of the molecule is O=C(Nc1ccc(-c2n[nH]c(=O)c3ccccc23)cc1)c1nn(Cc2cccnc2)c2ccccc12. The minimum Gasteiger partial charge on any atom is -0.321 e. The van der Waals surface area contributed by atoms with E-state index in [0.717, 1.165) is 27.4 Å². The Morgan fingerprint density at radius 3 is 2.39 bits per heavy atom. The fourth-order valence-electron chi connectivity index (χ4n) is 4.32. The summed E-state index contributed by atoms with van der Waals surface area (Å²) in [7, 11) is 0. The van der Waals surface area contributed by atoms with Crippen LogP contribution in [0.3, 0.4) is 0 Å². The van der Waals surface area contributed by atoms with E-state index < -0.39 is 0 Å². The molecule has 8 nitrogen and oxygen atoms in total. The lowest BCUT2D eigenvalue weighted by molar-refractivity contribution is 0.102. The van der Waals surface area contributed by atoms with Gasteiger partial charge in [-0.25, -0.2) is 5.10 Å². The highest BCUT2D eigenvalue weighted by molar-refractivity contribution is 6.11. The Hall–Kier alpha value is -5.11. The zero-order chi connectivity index (χ0) is 24.5. The largest absolute Gasteiger partial charge is 0.321 e. The molecule has 0 saturated carbocycles. The van der Waals surface area contributed by atoms with Gasteiger partial charge in [-0.1, -0.05) is 54.6 Å². The number of benzene rings is 3. The van der Waals surface area contributed by atoms with Crippen molar-refractivity contribution in [2.45, 2.75) is 6.54 Å². The van der Waals surface area contributed by atoms with E-state index in [1.54, 1.807) is 18.5 Å². The number of H-pyrrole nitrogens is 1. The maximum Gasteiger partial charge on any atom is 0.276 e. The predicted octanol–water partition coefficient (Wildman–Crippen LogP) is 4.64. The Morgan fingerprint density at radius 1 is 0.861 bits per heavy atom. The molecule has 6 rings (SSSR count). The van der Waals surface area contributed by atoms with Gasteiger partial charge in [-0.2, -0.15) is 10.2 Å². The first-order chi connectivity index (χ1) is 17.7. The molecule has 3 aromatic carbocycles. The molecule has 36 heavy (non-hydrogen) atoms. The van der Waals surface area contributed by atoms with E-state index in [0.29, 0.717) is 29.0 Å². The van der Waals surface area contributed by atoms with Crippen molar-refractivity contribution >= 4 is 33.3 Å². The van der Waals surface area contributed by atoms with Gasteiger partial charge >= 0.3 is 0 Å². The molecule has 0 unspecified atom stereocenters. The van der Waals surface area contributed by atoms with Crippen LogP contribution in [-0.4, -0.2) is 30.9 Å². The second-order valence-electron chi connectivity index (χ2n) is 8.36. The maximum absolute atomic E-state index is 13.2. The number of fused-ring (bicyclic) bond motifs is 2. The zero-order valence-corrected chi connectivity index (χ0v) is 19.1. The molecule has 3 heterocycles. The molecule has 1 amide bonds. The number of carbonyl (C=O) groups excluding carboxylic acids is 1. The molecule has 0 aliphatic rings. The number of rotatable bonds is 5. The van der Waals surface area contributed by atoms with Crippen LogP contribution >= 0.6 is 0 Å². The van der Waals surface area contributed by atoms with Gasteiger partial charge in [-0.05, 0) is 35.9 Å². The summed E-state index contributed by atoms with van der Waals surface area (Å²) in [6, 6.07) is 26.2. The van der Waals surface area contributed by atoms with E-state index in [1.807, 2.05) is 83.5 Å². The first kappa shape index (κ1) is 21.4. The summed E-state index contributed by atoms with van der Waals surface area (Å²) in [6.45, 7) is 0.510. The van der Waals surface area contributed by atoms with Crippen molar-refractivity contribution in [3.8, 4) is 11.3 Å². The number of hydrogen-bond acceptors (Lipinski definition) is 5. The predicted molar refractivity (Wildman–Crippen MR) is 139 cm³/mol. The number of para-hydroxylation sites is 1. The monoisotopic (exact) mass is 472 g/mol. The van der Waals surface area contributed by atoms with Gasteiger partial charge in [0.1, 0.15) is 0 Å². The van der Waals surface area contributed by atoms with Crippen molar-refractivity contribution in [1.82, 2.24) is 25.0 Å². The molecule has 0 saturated heterocycles. The highest BCUT2D eigenvalue weighted by atomic mass is 16.2. The van der Waals surface area contributed by atoms with Gasteiger partial charge in [0.15, 0.2) is 5.69 Å². The lowest BCUT2D eigenvalue weighted by Gasteiger charge is -2.07. The van der Waals surface area contributed by atoms with Crippen molar-refractivity contribution in [2.24, 2.45) is 0 Å². The van der Waals surface area contributed by atoms with Gasteiger partial charge in [0.05, 0.1) is 23.1 Å². The van der Waals surface area contributed by atoms with Crippen molar-refractivity contribution in [3.05, 3.63) is 119 Å². The van der Waals surface area contributed by atoms with Gasteiger partial charge in [0.25, 0.3) is 11.5 Å². The quantitative estimate of drug-likeness (QED) is 0.380. The van der Waals surface area contributed by atoms with Crippen LogP contribution in [0.1, 0.15) is 16.1 Å². The summed E-state index contributed by atoms with van der Waals surface area (Å²) in [5, 5.41) is 16.5. The van der Waals surface area contributed by atoms with E-state index in [4.69, 9.17) is 0 Å². The Kier molecular flexibility index (Phi) is 5.31. The van der Waals surface area contributed by atoms with Gasteiger partial charge in [0.2, 0.25) is 0 Å². The highest BCUT2D eigenvalue weighted by Crippen LogP contribution is 2.26. The van der Waals surface area contributed by atoms with Crippen LogP contribution in [0.2, 0.25) is 0 Å². The topological polar surface area (TPSA) is 106 Å². The average Bonchev–Trinajstić information content (AvgIpc) is 3.29. The lowest BCUT2D eigenvalue weighted by atomic mass is 10.0. The average molecular weight is 473 g/mol. The third-order valence-electron chi connectivity index (χ3n) is 6.04. The first-order valence-electron chi connectivity index (χ1n) is 11.4. The minimum absolute atomic E-state index is 0.228. The van der Waals surface area contributed by atoms with E-state index in [9.17, 15) is 9.59 Å². The van der Waals surface area contributed by atoms with Crippen molar-refractivity contribution in [1.29, 1.82) is 0 Å². The Morgan fingerprint density at radius 2 is 1.61 bits per heavy atom. The van der Waals surface area contributed by atoms with Gasteiger partial charge in [-0.15, -0.1) is 0 Å². The molecule has 0 radical (unpaired) electrons. The molecule has 0 aliphatic carbocycles. The smallest absolute Gasteiger partial charge is 0.276 e. The van der Waals surface area contributed by atoms with Gasteiger partial charge < -0.3 is 5.32 Å². The number of hydrogen-bond donors (Lipinski definition) is 2. The van der Waals surface area contributed by atoms with Gasteiger partial charge in [-0.3, -0.25) is 19.3 Å². The fraction of sp³-hybridized carbons (Fsp3) is 0.0357. The molecular formula is C28H20N6O2. The number of aromatic amines is 1. The maximum atomic E-state index is 13.2. The standard InChI is InChI=1S/C28H20N6O2/c35-27-22-8-2-1-7-21(22)25(31-32-27)19-11-13-20(14-12-19)30-28(36)26-23-9-3-4-10-24(23)34(33-26)17-18-6-5-15-29-16-18/h1-16H,17H2,(H,30,36)(H,32,35). The third kappa shape index (κ3) is 3.90. The van der Waals surface area contributed by atoms with Crippen molar-refractivity contribution < 1.29 is 4.79 Å². The van der Waals surface area contributed by atoms with Crippen LogP contribution in [0.25, 0.3) is 32.9 Å². The van der Waals surface area contributed by atoms with E-state index >= 15 is 0 Å². The van der Waals surface area contributed by atoms with Crippen LogP contribution in [0.15, 0.2) is 102 Å². The zero-order valence-electron chi connectivity index (χ0n) is 19.1.